The number of ether oxygens (including phenoxy) is 2. The Labute approximate surface area is 152 Å². The van der Waals surface area contributed by atoms with Crippen LogP contribution in [0.15, 0.2) is 30.5 Å². The summed E-state index contributed by atoms with van der Waals surface area (Å²) >= 11 is 5.63. The van der Waals surface area contributed by atoms with E-state index in [4.69, 9.17) is 21.1 Å². The molecule has 7 heteroatoms. The second-order valence-corrected chi connectivity index (χ2v) is 5.71. The highest BCUT2D eigenvalue weighted by atomic mass is 35.5. The van der Waals surface area contributed by atoms with Crippen LogP contribution in [0.2, 0.25) is 0 Å². The molecule has 2 aromatic rings. The van der Waals surface area contributed by atoms with E-state index in [1.54, 1.807) is 6.20 Å². The summed E-state index contributed by atoms with van der Waals surface area (Å²) < 4.78 is 10.7. The molecule has 0 radical (unpaired) electrons. The van der Waals surface area contributed by atoms with Crippen molar-refractivity contribution in [3.05, 3.63) is 30.5 Å². The number of fused-ring (bicyclic) bond motifs is 1. The van der Waals surface area contributed by atoms with Crippen LogP contribution in [-0.4, -0.2) is 49.7 Å². The molecule has 0 spiro atoms. The van der Waals surface area contributed by atoms with E-state index in [9.17, 15) is 4.79 Å². The van der Waals surface area contributed by atoms with Crippen molar-refractivity contribution >= 4 is 39.8 Å². The minimum Gasteiger partial charge on any atom is -0.380 e. The third-order valence-electron chi connectivity index (χ3n) is 3.46. The third kappa shape index (κ3) is 6.16. The van der Waals surface area contributed by atoms with Crippen LogP contribution >= 0.6 is 11.6 Å². The molecular formula is C18H24ClN3O3. The summed E-state index contributed by atoms with van der Waals surface area (Å²) in [5.41, 5.74) is 2.32. The second-order valence-electron chi connectivity index (χ2n) is 5.33. The maximum atomic E-state index is 12.0. The fourth-order valence-corrected chi connectivity index (χ4v) is 2.42. The number of amides is 1. The van der Waals surface area contributed by atoms with E-state index < -0.39 is 0 Å². The van der Waals surface area contributed by atoms with Crippen LogP contribution in [0, 0.1) is 0 Å². The number of hydrogen-bond donors (Lipinski definition) is 2. The molecule has 0 aliphatic rings. The van der Waals surface area contributed by atoms with Gasteiger partial charge in [0.05, 0.1) is 29.7 Å². The van der Waals surface area contributed by atoms with Crippen molar-refractivity contribution in [2.75, 3.05) is 49.5 Å². The van der Waals surface area contributed by atoms with Crippen molar-refractivity contribution in [3.8, 4) is 0 Å². The van der Waals surface area contributed by atoms with Crippen molar-refractivity contribution in [1.82, 2.24) is 4.98 Å². The van der Waals surface area contributed by atoms with Gasteiger partial charge in [-0.1, -0.05) is 18.2 Å². The molecule has 0 aliphatic heterocycles. The number of alkyl halides is 1. The molecule has 136 valence electrons. The summed E-state index contributed by atoms with van der Waals surface area (Å²) in [6.07, 6.45) is 2.49. The SMILES string of the molecule is CCOCC(=O)Nc1cnc2ccccc2c1NCCOCCCCl. The van der Waals surface area contributed by atoms with Crippen LogP contribution in [0.3, 0.4) is 0 Å². The van der Waals surface area contributed by atoms with Crippen LogP contribution in [-0.2, 0) is 14.3 Å². The summed E-state index contributed by atoms with van der Waals surface area (Å²) in [5, 5.41) is 7.13. The van der Waals surface area contributed by atoms with Gasteiger partial charge in [-0.05, 0) is 19.4 Å². The molecule has 0 saturated heterocycles. The van der Waals surface area contributed by atoms with Gasteiger partial charge in [0.25, 0.3) is 0 Å². The van der Waals surface area contributed by atoms with Crippen LogP contribution in [0.25, 0.3) is 10.9 Å². The van der Waals surface area contributed by atoms with E-state index in [2.05, 4.69) is 15.6 Å². The lowest BCUT2D eigenvalue weighted by atomic mass is 10.1. The molecule has 0 atom stereocenters. The molecular weight excluding hydrogens is 342 g/mol. The molecule has 6 nitrogen and oxygen atoms in total. The quantitative estimate of drug-likeness (QED) is 0.472. The first-order valence-corrected chi connectivity index (χ1v) is 8.92. The predicted molar refractivity (Wildman–Crippen MR) is 102 cm³/mol. The number of pyridine rings is 1. The van der Waals surface area contributed by atoms with Crippen molar-refractivity contribution in [3.63, 3.8) is 0 Å². The van der Waals surface area contributed by atoms with E-state index in [1.807, 2.05) is 31.2 Å². The first-order chi connectivity index (χ1) is 12.3. The molecule has 1 aromatic heterocycles. The number of nitrogens with zero attached hydrogens (tertiary/aromatic N) is 1. The zero-order valence-corrected chi connectivity index (χ0v) is 15.1. The average molecular weight is 366 g/mol. The summed E-state index contributed by atoms with van der Waals surface area (Å²) in [7, 11) is 0. The topological polar surface area (TPSA) is 72.5 Å². The van der Waals surface area contributed by atoms with Crippen LogP contribution < -0.4 is 10.6 Å². The number of para-hydroxylation sites is 1. The number of nitrogens with one attached hydrogen (secondary N) is 2. The Morgan fingerprint density at radius 3 is 2.88 bits per heavy atom. The molecule has 25 heavy (non-hydrogen) atoms. The number of anilines is 2. The van der Waals surface area contributed by atoms with Gasteiger partial charge < -0.3 is 20.1 Å². The van der Waals surface area contributed by atoms with Gasteiger partial charge in [0.15, 0.2) is 0 Å². The summed E-state index contributed by atoms with van der Waals surface area (Å²) in [5.74, 6) is 0.388. The first kappa shape index (κ1) is 19.4. The molecule has 0 unspecified atom stereocenters. The second kappa shape index (κ2) is 10.9. The Morgan fingerprint density at radius 2 is 2.08 bits per heavy atom. The molecule has 2 rings (SSSR count). The number of carbonyl (C=O) groups excluding carboxylic acids is 1. The molecule has 1 heterocycles. The molecule has 0 fully saturated rings. The summed E-state index contributed by atoms with van der Waals surface area (Å²) in [6, 6.07) is 7.78. The molecule has 0 saturated carbocycles. The number of halogens is 1. The molecule has 1 amide bonds. The average Bonchev–Trinajstić information content (AvgIpc) is 2.64. The van der Waals surface area contributed by atoms with E-state index in [-0.39, 0.29) is 12.5 Å². The Morgan fingerprint density at radius 1 is 1.24 bits per heavy atom. The number of benzene rings is 1. The highest BCUT2D eigenvalue weighted by molar-refractivity contribution is 6.17. The zero-order valence-electron chi connectivity index (χ0n) is 14.4. The number of rotatable bonds is 11. The lowest BCUT2D eigenvalue weighted by molar-refractivity contribution is -0.120. The summed E-state index contributed by atoms with van der Waals surface area (Å²) in [6.45, 7) is 4.17. The Hall–Kier alpha value is -1.89. The molecule has 0 aliphatic carbocycles. The highest BCUT2D eigenvalue weighted by Gasteiger charge is 2.11. The Balaban J connectivity index is 2.09. The van der Waals surface area contributed by atoms with Crippen molar-refractivity contribution in [2.24, 2.45) is 0 Å². The largest absolute Gasteiger partial charge is 0.380 e. The fraction of sp³-hybridized carbons (Fsp3) is 0.444. The Kier molecular flexibility index (Phi) is 8.45. The van der Waals surface area contributed by atoms with Gasteiger partial charge >= 0.3 is 0 Å². The van der Waals surface area contributed by atoms with Gasteiger partial charge in [-0.3, -0.25) is 9.78 Å². The van der Waals surface area contributed by atoms with Crippen molar-refractivity contribution < 1.29 is 14.3 Å². The number of carbonyl (C=O) groups is 1. The minimum absolute atomic E-state index is 0.0182. The smallest absolute Gasteiger partial charge is 0.250 e. The van der Waals surface area contributed by atoms with Crippen molar-refractivity contribution in [2.45, 2.75) is 13.3 Å². The Bertz CT molecular complexity index is 682. The lowest BCUT2D eigenvalue weighted by Crippen LogP contribution is -2.20. The van der Waals surface area contributed by atoms with Gasteiger partial charge in [-0.15, -0.1) is 11.6 Å². The molecule has 1 aromatic carbocycles. The fourth-order valence-electron chi connectivity index (χ4n) is 2.31. The molecule has 0 bridgehead atoms. The zero-order chi connectivity index (χ0) is 17.9. The maximum Gasteiger partial charge on any atom is 0.250 e. The van der Waals surface area contributed by atoms with E-state index in [0.717, 1.165) is 23.0 Å². The van der Waals surface area contributed by atoms with Crippen LogP contribution in [0.4, 0.5) is 11.4 Å². The van der Waals surface area contributed by atoms with Gasteiger partial charge in [0.1, 0.15) is 6.61 Å². The van der Waals surface area contributed by atoms with Crippen molar-refractivity contribution in [1.29, 1.82) is 0 Å². The highest BCUT2D eigenvalue weighted by Crippen LogP contribution is 2.29. The van der Waals surface area contributed by atoms with E-state index >= 15 is 0 Å². The normalized spacial score (nSPS) is 10.8. The van der Waals surface area contributed by atoms with Gasteiger partial charge in [-0.25, -0.2) is 0 Å². The minimum atomic E-state index is -0.208. The third-order valence-corrected chi connectivity index (χ3v) is 3.72. The number of aromatic nitrogens is 1. The first-order valence-electron chi connectivity index (χ1n) is 8.39. The molecule has 2 N–H and O–H groups in total. The monoisotopic (exact) mass is 365 g/mol. The van der Waals surface area contributed by atoms with E-state index in [1.165, 1.54) is 0 Å². The van der Waals surface area contributed by atoms with Gasteiger partial charge in [0.2, 0.25) is 5.91 Å². The van der Waals surface area contributed by atoms with Gasteiger partial charge in [-0.2, -0.15) is 0 Å². The predicted octanol–water partition coefficient (Wildman–Crippen LogP) is 3.27. The maximum absolute atomic E-state index is 12.0. The van der Waals surface area contributed by atoms with Gasteiger partial charge in [0, 0.05) is 31.0 Å². The van der Waals surface area contributed by atoms with Crippen LogP contribution in [0.5, 0.6) is 0 Å². The number of hydrogen-bond acceptors (Lipinski definition) is 5. The van der Waals surface area contributed by atoms with E-state index in [0.29, 0.717) is 37.9 Å². The lowest BCUT2D eigenvalue weighted by Gasteiger charge is -2.15. The van der Waals surface area contributed by atoms with Crippen LogP contribution in [0.1, 0.15) is 13.3 Å². The summed E-state index contributed by atoms with van der Waals surface area (Å²) in [4.78, 5) is 16.4. The standard InChI is InChI=1S/C18H24ClN3O3/c1-2-24-13-17(23)22-16-12-21-15-7-4-3-6-14(15)18(16)20-9-11-25-10-5-8-19/h3-4,6-7,12H,2,5,8-11,13H2,1H3,(H,20,21)(H,22,23).